The summed E-state index contributed by atoms with van der Waals surface area (Å²) in [6.45, 7) is 9.56. The molecule has 25 heavy (non-hydrogen) atoms. The van der Waals surface area contributed by atoms with Crippen LogP contribution < -0.4 is 0 Å². The van der Waals surface area contributed by atoms with Crippen molar-refractivity contribution >= 4 is 11.3 Å². The Morgan fingerprint density at radius 3 is 2.36 bits per heavy atom. The topological polar surface area (TPSA) is 6.48 Å². The zero-order chi connectivity index (χ0) is 17.1. The number of benzene rings is 1. The van der Waals surface area contributed by atoms with E-state index in [9.17, 15) is 0 Å². The van der Waals surface area contributed by atoms with E-state index in [0.717, 1.165) is 13.1 Å². The van der Waals surface area contributed by atoms with E-state index in [-0.39, 0.29) is 0 Å². The molecular formula is C22H30N2S. The molecule has 1 aromatic heterocycles. The third-order valence-corrected chi connectivity index (χ3v) is 6.90. The van der Waals surface area contributed by atoms with Crippen molar-refractivity contribution in [3.63, 3.8) is 0 Å². The van der Waals surface area contributed by atoms with Crippen molar-refractivity contribution in [3.05, 3.63) is 57.8 Å². The summed E-state index contributed by atoms with van der Waals surface area (Å²) in [5.41, 5.74) is 4.90. The van der Waals surface area contributed by atoms with Crippen LogP contribution in [-0.4, -0.2) is 36.0 Å². The molecule has 2 aromatic rings. The van der Waals surface area contributed by atoms with Crippen molar-refractivity contribution < 1.29 is 0 Å². The van der Waals surface area contributed by atoms with Crippen molar-refractivity contribution in [2.75, 3.05) is 26.2 Å². The van der Waals surface area contributed by atoms with E-state index in [1.54, 1.807) is 0 Å². The predicted octanol–water partition coefficient (Wildman–Crippen LogP) is 4.93. The molecule has 0 atom stereocenters. The fourth-order valence-electron chi connectivity index (χ4n) is 4.63. The van der Waals surface area contributed by atoms with Crippen LogP contribution in [0.5, 0.6) is 0 Å². The summed E-state index contributed by atoms with van der Waals surface area (Å²) in [5.74, 6) is 0. The van der Waals surface area contributed by atoms with Crippen LogP contribution in [0.15, 0.2) is 41.1 Å². The lowest BCUT2D eigenvalue weighted by molar-refractivity contribution is 0.0186. The lowest BCUT2D eigenvalue weighted by Crippen LogP contribution is -2.49. The largest absolute Gasteiger partial charge is 0.299 e. The number of aryl methyl sites for hydroxylation is 1. The molecule has 0 aliphatic carbocycles. The Hall–Kier alpha value is -1.16. The van der Waals surface area contributed by atoms with Crippen LogP contribution in [0, 0.1) is 12.3 Å². The van der Waals surface area contributed by atoms with Gasteiger partial charge in [0.1, 0.15) is 0 Å². The second-order valence-corrected chi connectivity index (χ2v) is 8.99. The summed E-state index contributed by atoms with van der Waals surface area (Å²) in [5, 5.41) is 4.50. The van der Waals surface area contributed by atoms with Crippen LogP contribution in [0.25, 0.3) is 0 Å². The zero-order valence-electron chi connectivity index (χ0n) is 15.4. The molecule has 2 aliphatic rings. The van der Waals surface area contributed by atoms with Gasteiger partial charge in [-0.3, -0.25) is 9.80 Å². The van der Waals surface area contributed by atoms with Crippen molar-refractivity contribution in [1.82, 2.24) is 9.80 Å². The van der Waals surface area contributed by atoms with Gasteiger partial charge in [-0.05, 0) is 85.6 Å². The van der Waals surface area contributed by atoms with E-state index >= 15 is 0 Å². The monoisotopic (exact) mass is 354 g/mol. The Bertz CT molecular complexity index is 654. The van der Waals surface area contributed by atoms with Gasteiger partial charge in [0.25, 0.3) is 0 Å². The fraction of sp³-hybridized carbons (Fsp3) is 0.545. The molecule has 2 fully saturated rings. The van der Waals surface area contributed by atoms with E-state index in [1.165, 1.54) is 68.6 Å². The number of nitrogens with zero attached hydrogens (tertiary/aromatic N) is 2. The molecule has 0 bridgehead atoms. The number of piperidine rings is 2. The highest BCUT2D eigenvalue weighted by Crippen LogP contribution is 2.40. The van der Waals surface area contributed by atoms with Gasteiger partial charge in [-0.2, -0.15) is 11.3 Å². The van der Waals surface area contributed by atoms with Gasteiger partial charge in [0.15, 0.2) is 0 Å². The first-order chi connectivity index (χ1) is 12.2. The Labute approximate surface area is 156 Å². The third-order valence-electron chi connectivity index (χ3n) is 6.17. The normalized spacial score (nSPS) is 21.6. The van der Waals surface area contributed by atoms with Crippen molar-refractivity contribution in [2.45, 2.75) is 45.7 Å². The van der Waals surface area contributed by atoms with Crippen molar-refractivity contribution in [3.8, 4) is 0 Å². The maximum atomic E-state index is 2.71. The van der Waals surface area contributed by atoms with Crippen LogP contribution in [0.4, 0.5) is 0 Å². The minimum absolute atomic E-state index is 0.577. The maximum absolute atomic E-state index is 2.71. The second-order valence-electron chi connectivity index (χ2n) is 8.21. The van der Waals surface area contributed by atoms with Gasteiger partial charge in [-0.1, -0.05) is 29.8 Å². The molecule has 2 saturated heterocycles. The standard InChI is InChI=1S/C22H30N2S/c1-19-3-5-20(6-4-19)15-24-11-2-8-22(18-24)9-12-23(13-10-22)16-21-7-14-25-17-21/h3-7,14,17H,2,8-13,15-16,18H2,1H3. The number of likely N-dealkylation sites (tertiary alicyclic amines) is 2. The van der Waals surface area contributed by atoms with Crippen LogP contribution >= 0.6 is 11.3 Å². The summed E-state index contributed by atoms with van der Waals surface area (Å²) in [6.07, 6.45) is 5.56. The highest BCUT2D eigenvalue weighted by Gasteiger charge is 2.38. The van der Waals surface area contributed by atoms with Gasteiger partial charge < -0.3 is 0 Å². The van der Waals surface area contributed by atoms with E-state index in [4.69, 9.17) is 0 Å². The molecule has 3 heteroatoms. The minimum atomic E-state index is 0.577. The minimum Gasteiger partial charge on any atom is -0.299 e. The molecule has 2 nitrogen and oxygen atoms in total. The average Bonchev–Trinajstić information content (AvgIpc) is 3.13. The molecular weight excluding hydrogens is 324 g/mol. The second kappa shape index (κ2) is 7.61. The smallest absolute Gasteiger partial charge is 0.0241 e. The first kappa shape index (κ1) is 17.3. The summed E-state index contributed by atoms with van der Waals surface area (Å²) < 4.78 is 0. The van der Waals surface area contributed by atoms with E-state index in [1.807, 2.05) is 11.3 Å². The lowest BCUT2D eigenvalue weighted by atomic mass is 9.72. The first-order valence-corrected chi connectivity index (χ1v) is 10.7. The van der Waals surface area contributed by atoms with Crippen LogP contribution in [-0.2, 0) is 13.1 Å². The van der Waals surface area contributed by atoms with Crippen molar-refractivity contribution in [2.24, 2.45) is 5.41 Å². The molecule has 134 valence electrons. The highest BCUT2D eigenvalue weighted by atomic mass is 32.1. The molecule has 0 amide bonds. The van der Waals surface area contributed by atoms with Crippen LogP contribution in [0.1, 0.15) is 42.4 Å². The van der Waals surface area contributed by atoms with Crippen LogP contribution in [0.3, 0.4) is 0 Å². The van der Waals surface area contributed by atoms with Gasteiger partial charge >= 0.3 is 0 Å². The Morgan fingerprint density at radius 2 is 1.64 bits per heavy atom. The molecule has 0 unspecified atom stereocenters. The van der Waals surface area contributed by atoms with Crippen molar-refractivity contribution in [1.29, 1.82) is 0 Å². The number of thiophene rings is 1. The van der Waals surface area contributed by atoms with Gasteiger partial charge in [0.2, 0.25) is 0 Å². The van der Waals surface area contributed by atoms with Gasteiger partial charge in [-0.15, -0.1) is 0 Å². The summed E-state index contributed by atoms with van der Waals surface area (Å²) in [6, 6.07) is 11.4. The SMILES string of the molecule is Cc1ccc(CN2CCCC3(CCN(Cc4ccsc4)CC3)C2)cc1. The number of rotatable bonds is 4. The number of hydrogen-bond acceptors (Lipinski definition) is 3. The molecule has 0 radical (unpaired) electrons. The third kappa shape index (κ3) is 4.33. The Morgan fingerprint density at radius 1 is 0.880 bits per heavy atom. The van der Waals surface area contributed by atoms with Gasteiger partial charge in [-0.25, -0.2) is 0 Å². The molecule has 4 rings (SSSR count). The average molecular weight is 355 g/mol. The van der Waals surface area contributed by atoms with Gasteiger partial charge in [0, 0.05) is 19.6 Å². The number of hydrogen-bond donors (Lipinski definition) is 0. The summed E-state index contributed by atoms with van der Waals surface area (Å²) >= 11 is 1.82. The zero-order valence-corrected chi connectivity index (χ0v) is 16.2. The van der Waals surface area contributed by atoms with E-state index < -0.39 is 0 Å². The highest BCUT2D eigenvalue weighted by molar-refractivity contribution is 7.07. The molecule has 0 N–H and O–H groups in total. The summed E-state index contributed by atoms with van der Waals surface area (Å²) in [7, 11) is 0. The molecule has 2 aliphatic heterocycles. The maximum Gasteiger partial charge on any atom is 0.0241 e. The quantitative estimate of drug-likeness (QED) is 0.768. The molecule has 1 aromatic carbocycles. The van der Waals surface area contributed by atoms with E-state index in [2.05, 4.69) is 57.8 Å². The lowest BCUT2D eigenvalue weighted by Gasteiger charge is -2.48. The van der Waals surface area contributed by atoms with E-state index in [0.29, 0.717) is 5.41 Å². The Kier molecular flexibility index (Phi) is 5.25. The first-order valence-electron chi connectivity index (χ1n) is 9.72. The fourth-order valence-corrected chi connectivity index (χ4v) is 5.29. The Balaban J connectivity index is 1.32. The molecule has 0 saturated carbocycles. The van der Waals surface area contributed by atoms with Crippen LogP contribution in [0.2, 0.25) is 0 Å². The molecule has 3 heterocycles. The van der Waals surface area contributed by atoms with Gasteiger partial charge in [0.05, 0.1) is 0 Å². The summed E-state index contributed by atoms with van der Waals surface area (Å²) in [4.78, 5) is 5.37. The predicted molar refractivity (Wildman–Crippen MR) is 107 cm³/mol. The molecule has 1 spiro atoms.